The molecule has 0 aliphatic heterocycles. The first kappa shape index (κ1) is 27.3. The third-order valence-electron chi connectivity index (χ3n) is 9.51. The molecule has 2 heterocycles. The van der Waals surface area contributed by atoms with Crippen LogP contribution in [-0.4, -0.2) is 9.55 Å². The van der Waals surface area contributed by atoms with Crippen molar-refractivity contribution in [2.45, 2.75) is 65.2 Å². The van der Waals surface area contributed by atoms with Gasteiger partial charge >= 0.3 is 0 Å². The van der Waals surface area contributed by atoms with Gasteiger partial charge in [-0.25, -0.2) is 4.98 Å². The summed E-state index contributed by atoms with van der Waals surface area (Å²) < 4.78 is 5.21. The molecule has 0 saturated heterocycles. The highest BCUT2D eigenvalue weighted by atomic mass is 32.1. The monoisotopic (exact) mass is 590 g/mol. The van der Waals surface area contributed by atoms with E-state index in [0.717, 1.165) is 16.9 Å². The Morgan fingerprint density at radius 1 is 0.659 bits per heavy atom. The van der Waals surface area contributed by atoms with E-state index in [1.165, 1.54) is 79.4 Å². The molecule has 0 radical (unpaired) electrons. The maximum atomic E-state index is 5.41. The molecule has 5 aromatic carbocycles. The normalized spacial score (nSPS) is 13.5. The summed E-state index contributed by atoms with van der Waals surface area (Å²) in [4.78, 5) is 5.41. The summed E-state index contributed by atoms with van der Waals surface area (Å²) in [6.45, 7) is 9.30. The van der Waals surface area contributed by atoms with E-state index in [1.54, 1.807) is 11.1 Å². The summed E-state index contributed by atoms with van der Waals surface area (Å²) >= 11 is 1.94. The molecule has 0 unspecified atom stereocenters. The molecule has 44 heavy (non-hydrogen) atoms. The smallest absolute Gasteiger partial charge is 0.147 e. The van der Waals surface area contributed by atoms with Crippen LogP contribution >= 0.6 is 11.3 Å². The van der Waals surface area contributed by atoms with Crippen LogP contribution in [0.3, 0.4) is 0 Å². The van der Waals surface area contributed by atoms with E-state index in [-0.39, 0.29) is 0 Å². The van der Waals surface area contributed by atoms with Crippen molar-refractivity contribution in [3.63, 3.8) is 0 Å². The fourth-order valence-electron chi connectivity index (χ4n) is 7.25. The first-order valence-electron chi connectivity index (χ1n) is 16.2. The van der Waals surface area contributed by atoms with Crippen LogP contribution in [0, 0.1) is 0 Å². The number of rotatable bonds is 5. The molecule has 0 fully saturated rings. The number of imidazole rings is 1. The number of hydrogen-bond acceptors (Lipinski definition) is 2. The van der Waals surface area contributed by atoms with E-state index in [0.29, 0.717) is 11.8 Å². The molecule has 0 amide bonds. The lowest BCUT2D eigenvalue weighted by molar-refractivity contribution is 0.687. The summed E-state index contributed by atoms with van der Waals surface area (Å²) in [6.07, 6.45) is 5.01. The van der Waals surface area contributed by atoms with Crippen LogP contribution < -0.4 is 0 Å². The first-order valence-corrected chi connectivity index (χ1v) is 17.0. The Morgan fingerprint density at radius 3 is 2.07 bits per heavy atom. The minimum absolute atomic E-state index is 0.339. The van der Waals surface area contributed by atoms with Crippen molar-refractivity contribution < 1.29 is 0 Å². The average Bonchev–Trinajstić information content (AvgIpc) is 3.61. The van der Waals surface area contributed by atoms with Crippen LogP contribution in [0.15, 0.2) is 97.1 Å². The van der Waals surface area contributed by atoms with E-state index in [9.17, 15) is 0 Å². The molecule has 0 N–H and O–H groups in total. The molecule has 0 spiro atoms. The highest BCUT2D eigenvalue weighted by Gasteiger charge is 2.25. The summed E-state index contributed by atoms with van der Waals surface area (Å²) in [5.41, 5.74) is 13.0. The van der Waals surface area contributed by atoms with Gasteiger partial charge in [0.15, 0.2) is 0 Å². The van der Waals surface area contributed by atoms with Crippen LogP contribution in [0.1, 0.15) is 74.6 Å². The molecular weight excluding hydrogens is 553 g/mol. The molecule has 3 heteroatoms. The lowest BCUT2D eigenvalue weighted by atomic mass is 9.88. The van der Waals surface area contributed by atoms with Gasteiger partial charge in [0.05, 0.1) is 16.7 Å². The third kappa shape index (κ3) is 4.40. The predicted molar refractivity (Wildman–Crippen MR) is 190 cm³/mol. The molecule has 2 aromatic heterocycles. The standard InChI is InChI=1S/C41H38N2S/c1-25(2)33-22-30(27-13-6-5-7-14-27)23-34(26(3)4)39(33)43-37-20-11-10-19-36(37)42-41(43)32-18-12-17-31-35-21-28-15-8-9-16-29(28)24-38(35)44-40(31)32/h5-7,10-14,17-26H,8-9,15-16H2,1-4H3. The molecule has 2 nitrogen and oxygen atoms in total. The lowest BCUT2D eigenvalue weighted by Gasteiger charge is -2.24. The molecule has 218 valence electrons. The number of hydrogen-bond donors (Lipinski definition) is 0. The number of fused-ring (bicyclic) bond motifs is 5. The van der Waals surface area contributed by atoms with Crippen molar-refractivity contribution in [3.8, 4) is 28.2 Å². The summed E-state index contributed by atoms with van der Waals surface area (Å²) in [7, 11) is 0. The highest BCUT2D eigenvalue weighted by molar-refractivity contribution is 7.26. The Balaban J connectivity index is 1.44. The van der Waals surface area contributed by atoms with E-state index >= 15 is 0 Å². The van der Waals surface area contributed by atoms with Crippen LogP contribution in [-0.2, 0) is 12.8 Å². The van der Waals surface area contributed by atoms with Crippen molar-refractivity contribution in [1.29, 1.82) is 0 Å². The van der Waals surface area contributed by atoms with Crippen LogP contribution in [0.25, 0.3) is 59.4 Å². The number of nitrogens with zero attached hydrogens (tertiary/aromatic N) is 2. The number of thiophene rings is 1. The summed E-state index contributed by atoms with van der Waals surface area (Å²) in [5.74, 6) is 1.71. The van der Waals surface area contributed by atoms with Gasteiger partial charge in [-0.2, -0.15) is 0 Å². The molecular formula is C41H38N2S. The van der Waals surface area contributed by atoms with Gasteiger partial charge in [0.25, 0.3) is 0 Å². The minimum Gasteiger partial charge on any atom is -0.292 e. The second-order valence-electron chi connectivity index (χ2n) is 13.0. The Labute approximate surface area is 264 Å². The van der Waals surface area contributed by atoms with Gasteiger partial charge in [-0.3, -0.25) is 4.57 Å². The molecule has 7 aromatic rings. The van der Waals surface area contributed by atoms with E-state index in [1.807, 2.05) is 11.3 Å². The van der Waals surface area contributed by atoms with E-state index in [2.05, 4.69) is 129 Å². The van der Waals surface area contributed by atoms with Crippen molar-refractivity contribution in [2.24, 2.45) is 0 Å². The first-order chi connectivity index (χ1) is 21.5. The maximum Gasteiger partial charge on any atom is 0.147 e. The minimum atomic E-state index is 0.339. The topological polar surface area (TPSA) is 17.8 Å². The Kier molecular flexibility index (Phi) is 6.68. The quantitative estimate of drug-likeness (QED) is 0.195. The second kappa shape index (κ2) is 10.7. The molecule has 1 aliphatic carbocycles. The molecule has 1 aliphatic rings. The van der Waals surface area contributed by atoms with Crippen molar-refractivity contribution >= 4 is 42.5 Å². The zero-order chi connectivity index (χ0) is 29.9. The van der Waals surface area contributed by atoms with Crippen molar-refractivity contribution in [3.05, 3.63) is 119 Å². The average molecular weight is 591 g/mol. The zero-order valence-electron chi connectivity index (χ0n) is 26.0. The maximum absolute atomic E-state index is 5.41. The van der Waals surface area contributed by atoms with Crippen molar-refractivity contribution in [2.75, 3.05) is 0 Å². The Hall–Kier alpha value is -4.21. The number of benzene rings is 5. The van der Waals surface area contributed by atoms with E-state index in [4.69, 9.17) is 4.98 Å². The van der Waals surface area contributed by atoms with E-state index < -0.39 is 0 Å². The summed E-state index contributed by atoms with van der Waals surface area (Å²) in [6, 6.07) is 36.1. The molecule has 0 saturated carbocycles. The number of para-hydroxylation sites is 2. The number of aromatic nitrogens is 2. The largest absolute Gasteiger partial charge is 0.292 e. The fourth-order valence-corrected chi connectivity index (χ4v) is 8.51. The van der Waals surface area contributed by atoms with Crippen LogP contribution in [0.2, 0.25) is 0 Å². The lowest BCUT2D eigenvalue weighted by Crippen LogP contribution is -2.09. The Bertz CT molecular complexity index is 2150. The second-order valence-corrected chi connectivity index (χ2v) is 14.1. The SMILES string of the molecule is CC(C)c1cc(-c2ccccc2)cc(C(C)C)c1-n1c(-c2cccc3c2sc2cc4c(cc23)CCCC4)nc2ccccc21. The van der Waals surface area contributed by atoms with Crippen LogP contribution in [0.5, 0.6) is 0 Å². The Morgan fingerprint density at radius 2 is 1.34 bits per heavy atom. The molecule has 0 bridgehead atoms. The highest BCUT2D eigenvalue weighted by Crippen LogP contribution is 2.45. The fraction of sp³-hybridized carbons (Fsp3) is 0.244. The van der Waals surface area contributed by atoms with Crippen molar-refractivity contribution in [1.82, 2.24) is 9.55 Å². The number of aryl methyl sites for hydroxylation is 2. The van der Waals surface area contributed by atoms with Crippen LogP contribution in [0.4, 0.5) is 0 Å². The van der Waals surface area contributed by atoms with Gasteiger partial charge in [-0.05, 0) is 113 Å². The predicted octanol–water partition coefficient (Wildman–Crippen LogP) is 11.9. The summed E-state index contributed by atoms with van der Waals surface area (Å²) in [5, 5.41) is 2.75. The molecule has 8 rings (SSSR count). The zero-order valence-corrected chi connectivity index (χ0v) is 26.8. The van der Waals surface area contributed by atoms with Gasteiger partial charge in [-0.1, -0.05) is 82.3 Å². The van der Waals surface area contributed by atoms with Gasteiger partial charge in [0.2, 0.25) is 0 Å². The molecule has 0 atom stereocenters. The van der Waals surface area contributed by atoms with Gasteiger partial charge in [0.1, 0.15) is 5.82 Å². The van der Waals surface area contributed by atoms with Gasteiger partial charge in [-0.15, -0.1) is 11.3 Å². The third-order valence-corrected chi connectivity index (χ3v) is 10.7. The van der Waals surface area contributed by atoms with Gasteiger partial charge in [0, 0.05) is 25.7 Å². The van der Waals surface area contributed by atoms with Gasteiger partial charge < -0.3 is 0 Å².